The third kappa shape index (κ3) is 1.34. The average molecular weight is 236 g/mol. The van der Waals surface area contributed by atoms with Crippen LogP contribution >= 0.6 is 0 Å². The quantitative estimate of drug-likeness (QED) is 0.653. The summed E-state index contributed by atoms with van der Waals surface area (Å²) in [5.41, 5.74) is 0.986. The summed E-state index contributed by atoms with van der Waals surface area (Å²) in [6, 6.07) is 0. The average Bonchev–Trinajstić information content (AvgIpc) is 3.16. The molecule has 2 saturated carbocycles. The van der Waals surface area contributed by atoms with E-state index in [4.69, 9.17) is 9.47 Å². The van der Waals surface area contributed by atoms with E-state index in [2.05, 4.69) is 20.8 Å². The van der Waals surface area contributed by atoms with Crippen LogP contribution in [0.25, 0.3) is 0 Å². The molecule has 0 aromatic carbocycles. The van der Waals surface area contributed by atoms with Crippen molar-refractivity contribution in [2.24, 2.45) is 17.3 Å². The van der Waals surface area contributed by atoms with Gasteiger partial charge in [-0.3, -0.25) is 0 Å². The maximum absolute atomic E-state index is 6.04. The second kappa shape index (κ2) is 2.91. The van der Waals surface area contributed by atoms with Gasteiger partial charge in [-0.15, -0.1) is 0 Å². The van der Waals surface area contributed by atoms with Gasteiger partial charge in [-0.25, -0.2) is 0 Å². The molecule has 1 unspecified atom stereocenters. The summed E-state index contributed by atoms with van der Waals surface area (Å²) in [7, 11) is 0. The zero-order valence-electron chi connectivity index (χ0n) is 11.3. The number of epoxide rings is 2. The molecule has 2 heteroatoms. The normalized spacial score (nSPS) is 64.8. The van der Waals surface area contributed by atoms with Gasteiger partial charge in [0.15, 0.2) is 0 Å². The molecular formula is C15H24O2. The molecule has 2 aliphatic heterocycles. The third-order valence-corrected chi connectivity index (χ3v) is 6.54. The molecule has 96 valence electrons. The van der Waals surface area contributed by atoms with Crippen LogP contribution in [0.5, 0.6) is 0 Å². The monoisotopic (exact) mass is 236 g/mol. The Balaban J connectivity index is 1.61. The van der Waals surface area contributed by atoms with Crippen molar-refractivity contribution in [1.82, 2.24) is 0 Å². The molecule has 0 aromatic rings. The smallest absolute Gasteiger partial charge is 0.0953 e. The summed E-state index contributed by atoms with van der Waals surface area (Å²) in [5, 5.41) is 0. The van der Waals surface area contributed by atoms with Gasteiger partial charge < -0.3 is 9.47 Å². The van der Waals surface area contributed by atoms with Crippen LogP contribution in [0.15, 0.2) is 0 Å². The van der Waals surface area contributed by atoms with Crippen molar-refractivity contribution in [1.29, 1.82) is 0 Å². The van der Waals surface area contributed by atoms with Gasteiger partial charge in [-0.2, -0.15) is 0 Å². The number of hydrogen-bond acceptors (Lipinski definition) is 2. The Morgan fingerprint density at radius 3 is 2.47 bits per heavy atom. The molecule has 2 heterocycles. The molecule has 0 spiro atoms. The first-order valence-electron chi connectivity index (χ1n) is 7.28. The minimum absolute atomic E-state index is 0.219. The van der Waals surface area contributed by atoms with Crippen LogP contribution in [0, 0.1) is 17.3 Å². The van der Waals surface area contributed by atoms with E-state index in [-0.39, 0.29) is 11.2 Å². The van der Waals surface area contributed by atoms with Crippen LogP contribution in [0.4, 0.5) is 0 Å². The van der Waals surface area contributed by atoms with E-state index in [0.717, 1.165) is 18.4 Å². The minimum atomic E-state index is 0.219. The lowest BCUT2D eigenvalue weighted by atomic mass is 9.54. The number of fused-ring (bicyclic) bond motifs is 3. The molecular weight excluding hydrogens is 212 g/mol. The zero-order valence-corrected chi connectivity index (χ0v) is 11.3. The summed E-state index contributed by atoms with van der Waals surface area (Å²) in [4.78, 5) is 0. The van der Waals surface area contributed by atoms with E-state index < -0.39 is 0 Å². The Morgan fingerprint density at radius 1 is 1.06 bits per heavy atom. The Morgan fingerprint density at radius 2 is 1.76 bits per heavy atom. The lowest BCUT2D eigenvalue weighted by Crippen LogP contribution is -2.48. The first kappa shape index (κ1) is 10.8. The van der Waals surface area contributed by atoms with Crippen molar-refractivity contribution in [3.05, 3.63) is 0 Å². The number of hydrogen-bond donors (Lipinski definition) is 0. The van der Waals surface area contributed by atoms with Gasteiger partial charge >= 0.3 is 0 Å². The second-order valence-electron chi connectivity index (χ2n) is 7.61. The number of ether oxygens (including phenoxy) is 2. The Bertz CT molecular complexity index is 362. The molecule has 0 radical (unpaired) electrons. The maximum Gasteiger partial charge on any atom is 0.0953 e. The van der Waals surface area contributed by atoms with E-state index in [1.54, 1.807) is 0 Å². The highest BCUT2D eigenvalue weighted by atomic mass is 16.6. The minimum Gasteiger partial charge on any atom is -0.370 e. The fourth-order valence-electron chi connectivity index (χ4n) is 4.88. The van der Waals surface area contributed by atoms with Crippen LogP contribution in [0.2, 0.25) is 0 Å². The van der Waals surface area contributed by atoms with Gasteiger partial charge in [0.25, 0.3) is 0 Å². The zero-order chi connectivity index (χ0) is 11.9. The second-order valence-corrected chi connectivity index (χ2v) is 7.61. The summed E-state index contributed by atoms with van der Waals surface area (Å²) < 4.78 is 11.7. The third-order valence-electron chi connectivity index (χ3n) is 6.54. The van der Waals surface area contributed by atoms with Gasteiger partial charge in [-0.05, 0) is 63.2 Å². The van der Waals surface area contributed by atoms with Crippen molar-refractivity contribution >= 4 is 0 Å². The van der Waals surface area contributed by atoms with Gasteiger partial charge in [0, 0.05) is 0 Å². The van der Waals surface area contributed by atoms with Gasteiger partial charge in [0.1, 0.15) is 0 Å². The molecule has 2 nitrogen and oxygen atoms in total. The van der Waals surface area contributed by atoms with Crippen LogP contribution in [-0.2, 0) is 9.47 Å². The summed E-state index contributed by atoms with van der Waals surface area (Å²) in [6.45, 7) is 8.16. The fraction of sp³-hybridized carbons (Fsp3) is 1.00. The highest BCUT2D eigenvalue weighted by Gasteiger charge is 2.67. The highest BCUT2D eigenvalue weighted by molar-refractivity contribution is 5.15. The van der Waals surface area contributed by atoms with Crippen LogP contribution in [-0.4, -0.2) is 23.9 Å². The highest BCUT2D eigenvalue weighted by Crippen LogP contribution is 2.65. The predicted octanol–water partition coefficient (Wildman–Crippen LogP) is 3.15. The number of rotatable bonds is 1. The molecule has 4 aliphatic rings. The molecule has 0 aromatic heterocycles. The van der Waals surface area contributed by atoms with Crippen LogP contribution in [0.3, 0.4) is 0 Å². The van der Waals surface area contributed by atoms with Gasteiger partial charge in [-0.1, -0.05) is 6.92 Å². The van der Waals surface area contributed by atoms with E-state index >= 15 is 0 Å². The van der Waals surface area contributed by atoms with Crippen LogP contribution < -0.4 is 0 Å². The molecule has 2 aliphatic carbocycles. The van der Waals surface area contributed by atoms with Gasteiger partial charge in [0.05, 0.1) is 23.9 Å². The summed E-state index contributed by atoms with van der Waals surface area (Å²) >= 11 is 0. The molecule has 17 heavy (non-hydrogen) atoms. The Kier molecular flexibility index (Phi) is 1.85. The molecule has 0 bridgehead atoms. The first-order valence-corrected chi connectivity index (χ1v) is 7.28. The maximum atomic E-state index is 6.04. The lowest BCUT2D eigenvalue weighted by Gasteiger charge is -2.49. The summed E-state index contributed by atoms with van der Waals surface area (Å²) in [6.07, 6.45) is 7.33. The summed E-state index contributed by atoms with van der Waals surface area (Å²) in [5.74, 6) is 1.55. The van der Waals surface area contributed by atoms with Crippen molar-refractivity contribution < 1.29 is 9.47 Å². The van der Waals surface area contributed by atoms with Crippen molar-refractivity contribution in [3.8, 4) is 0 Å². The lowest BCUT2D eigenvalue weighted by molar-refractivity contribution is -0.00815. The predicted molar refractivity (Wildman–Crippen MR) is 65.8 cm³/mol. The topological polar surface area (TPSA) is 25.1 Å². The Labute approximate surface area is 104 Å². The SMILES string of the molecule is C[C@]12CCC([C@]3(C)CO3)C[C@@H]1[C@@]1(C)O[C@H]1CC2. The standard InChI is InChI=1S/C15H24O2/c1-13-6-4-10(14(2)9-16-14)8-11(13)15(3)12(17-15)5-7-13/h10-12H,4-9H2,1-3H3/t10?,11-,12-,13+,14-,15+/m0/s1. The molecule has 0 amide bonds. The largest absolute Gasteiger partial charge is 0.370 e. The first-order chi connectivity index (χ1) is 7.96. The molecule has 0 N–H and O–H groups in total. The van der Waals surface area contributed by atoms with Crippen molar-refractivity contribution in [2.45, 2.75) is 70.2 Å². The van der Waals surface area contributed by atoms with E-state index in [1.807, 2.05) is 0 Å². The van der Waals surface area contributed by atoms with Crippen LogP contribution in [0.1, 0.15) is 52.9 Å². The van der Waals surface area contributed by atoms with E-state index in [0.29, 0.717) is 11.5 Å². The van der Waals surface area contributed by atoms with Gasteiger partial charge in [0.2, 0.25) is 0 Å². The molecule has 2 saturated heterocycles. The fourth-order valence-corrected chi connectivity index (χ4v) is 4.88. The van der Waals surface area contributed by atoms with Crippen molar-refractivity contribution in [3.63, 3.8) is 0 Å². The van der Waals surface area contributed by atoms with E-state index in [1.165, 1.54) is 32.1 Å². The van der Waals surface area contributed by atoms with Crippen molar-refractivity contribution in [2.75, 3.05) is 6.61 Å². The van der Waals surface area contributed by atoms with E-state index in [9.17, 15) is 0 Å². The molecule has 4 fully saturated rings. The molecule has 4 rings (SSSR count). The Hall–Kier alpha value is -0.0800. The molecule has 6 atom stereocenters.